The van der Waals surface area contributed by atoms with Crippen LogP contribution in [0.2, 0.25) is 0 Å². The summed E-state index contributed by atoms with van der Waals surface area (Å²) in [6, 6.07) is 5.05. The van der Waals surface area contributed by atoms with Crippen LogP contribution in [0.15, 0.2) is 22.7 Å². The van der Waals surface area contributed by atoms with E-state index in [1.807, 2.05) is 0 Å². The number of hydrogen-bond acceptors (Lipinski definition) is 3. The van der Waals surface area contributed by atoms with Crippen molar-refractivity contribution in [3.63, 3.8) is 0 Å². The zero-order valence-corrected chi connectivity index (χ0v) is 13.6. The van der Waals surface area contributed by atoms with Crippen LogP contribution in [0.25, 0.3) is 0 Å². The van der Waals surface area contributed by atoms with E-state index in [9.17, 15) is 9.50 Å². The number of rotatable bonds is 3. The van der Waals surface area contributed by atoms with E-state index in [1.54, 1.807) is 12.1 Å². The highest BCUT2D eigenvalue weighted by molar-refractivity contribution is 9.10. The number of halogens is 2. The van der Waals surface area contributed by atoms with Crippen molar-refractivity contribution in [1.82, 2.24) is 9.80 Å². The van der Waals surface area contributed by atoms with Crippen molar-refractivity contribution < 1.29 is 9.50 Å². The second-order valence-electron chi connectivity index (χ2n) is 5.68. The number of nitrogens with zero attached hydrogens (tertiary/aromatic N) is 2. The molecular weight excluding hydrogens is 323 g/mol. The number of hydrogen-bond donors (Lipinski definition) is 1. The van der Waals surface area contributed by atoms with Crippen LogP contribution in [0.1, 0.15) is 12.0 Å². The van der Waals surface area contributed by atoms with Gasteiger partial charge in [-0.3, -0.25) is 4.90 Å². The van der Waals surface area contributed by atoms with E-state index < -0.39 is 6.10 Å². The van der Waals surface area contributed by atoms with Gasteiger partial charge >= 0.3 is 0 Å². The Labute approximate surface area is 128 Å². The molecule has 0 spiro atoms. The first-order chi connectivity index (χ1) is 9.47. The lowest BCUT2D eigenvalue weighted by molar-refractivity contribution is 0.0581. The summed E-state index contributed by atoms with van der Waals surface area (Å²) in [7, 11) is 4.15. The van der Waals surface area contributed by atoms with E-state index >= 15 is 0 Å². The Balaban J connectivity index is 2.05. The SMILES string of the molecule is CN1CCCN(C)C(C(O)Cc2ccc(F)c(Br)c2)C1. The van der Waals surface area contributed by atoms with Gasteiger partial charge in [0.15, 0.2) is 0 Å². The van der Waals surface area contributed by atoms with Crippen molar-refractivity contribution in [3.05, 3.63) is 34.1 Å². The van der Waals surface area contributed by atoms with Gasteiger partial charge in [0.1, 0.15) is 5.82 Å². The number of aliphatic hydroxyl groups excluding tert-OH is 1. The molecule has 20 heavy (non-hydrogen) atoms. The van der Waals surface area contributed by atoms with Crippen LogP contribution in [0.4, 0.5) is 4.39 Å². The molecule has 1 aliphatic heterocycles. The van der Waals surface area contributed by atoms with Gasteiger partial charge in [-0.25, -0.2) is 4.39 Å². The van der Waals surface area contributed by atoms with Crippen molar-refractivity contribution in [3.8, 4) is 0 Å². The van der Waals surface area contributed by atoms with Crippen LogP contribution in [0, 0.1) is 5.82 Å². The highest BCUT2D eigenvalue weighted by Gasteiger charge is 2.27. The maximum atomic E-state index is 13.2. The van der Waals surface area contributed by atoms with Gasteiger partial charge < -0.3 is 10.0 Å². The molecule has 112 valence electrons. The van der Waals surface area contributed by atoms with Gasteiger partial charge in [-0.1, -0.05) is 6.07 Å². The average molecular weight is 345 g/mol. The van der Waals surface area contributed by atoms with Crippen LogP contribution < -0.4 is 0 Å². The number of benzene rings is 1. The molecule has 2 unspecified atom stereocenters. The smallest absolute Gasteiger partial charge is 0.137 e. The van der Waals surface area contributed by atoms with E-state index in [0.717, 1.165) is 31.6 Å². The van der Waals surface area contributed by atoms with Crippen molar-refractivity contribution in [2.45, 2.75) is 25.0 Å². The Hall–Kier alpha value is -0.490. The third-order valence-corrected chi connectivity index (χ3v) is 4.60. The van der Waals surface area contributed by atoms with E-state index in [2.05, 4.69) is 39.8 Å². The fourth-order valence-corrected chi connectivity index (χ4v) is 3.19. The Morgan fingerprint density at radius 1 is 1.40 bits per heavy atom. The summed E-state index contributed by atoms with van der Waals surface area (Å²) < 4.78 is 13.7. The normalized spacial score (nSPS) is 23.6. The summed E-state index contributed by atoms with van der Waals surface area (Å²) in [4.78, 5) is 4.49. The molecule has 0 amide bonds. The average Bonchev–Trinajstić information content (AvgIpc) is 2.56. The topological polar surface area (TPSA) is 26.7 Å². The van der Waals surface area contributed by atoms with Crippen molar-refractivity contribution in [2.75, 3.05) is 33.7 Å². The molecule has 1 aliphatic rings. The second-order valence-corrected chi connectivity index (χ2v) is 6.54. The molecule has 1 fully saturated rings. The van der Waals surface area contributed by atoms with Gasteiger partial charge in [-0.2, -0.15) is 0 Å². The lowest BCUT2D eigenvalue weighted by Crippen LogP contribution is -2.47. The minimum absolute atomic E-state index is 0.117. The molecule has 3 nitrogen and oxygen atoms in total. The maximum absolute atomic E-state index is 13.2. The minimum atomic E-state index is -0.446. The molecule has 0 aromatic heterocycles. The summed E-state index contributed by atoms with van der Waals surface area (Å²) in [6.07, 6.45) is 1.22. The Kier molecular flexibility index (Phi) is 5.55. The number of aliphatic hydroxyl groups is 1. The van der Waals surface area contributed by atoms with Gasteiger partial charge in [0, 0.05) is 12.6 Å². The standard InChI is InChI=1S/C15H22BrFN2O/c1-18-6-3-7-19(2)14(10-18)15(20)9-11-4-5-13(17)12(16)8-11/h4-5,8,14-15,20H,3,6-7,9-10H2,1-2H3. The molecule has 1 aromatic carbocycles. The van der Waals surface area contributed by atoms with Gasteiger partial charge in [0.2, 0.25) is 0 Å². The van der Waals surface area contributed by atoms with Crippen LogP contribution in [0.3, 0.4) is 0 Å². The first-order valence-electron chi connectivity index (χ1n) is 6.98. The predicted octanol–water partition coefficient (Wildman–Crippen LogP) is 2.13. The van der Waals surface area contributed by atoms with Crippen LogP contribution in [-0.2, 0) is 6.42 Å². The van der Waals surface area contributed by atoms with Gasteiger partial charge in [0.05, 0.1) is 10.6 Å². The Morgan fingerprint density at radius 2 is 2.15 bits per heavy atom. The summed E-state index contributed by atoms with van der Waals surface area (Å²) in [5.41, 5.74) is 0.950. The zero-order chi connectivity index (χ0) is 14.7. The summed E-state index contributed by atoms with van der Waals surface area (Å²) >= 11 is 3.19. The summed E-state index contributed by atoms with van der Waals surface area (Å²) in [6.45, 7) is 2.93. The minimum Gasteiger partial charge on any atom is -0.391 e. The molecule has 1 saturated heterocycles. The highest BCUT2D eigenvalue weighted by Crippen LogP contribution is 2.20. The molecule has 2 atom stereocenters. The molecule has 1 N–H and O–H groups in total. The molecule has 2 rings (SSSR count). The van der Waals surface area contributed by atoms with Crippen molar-refractivity contribution in [1.29, 1.82) is 0 Å². The molecule has 1 aromatic rings. The van der Waals surface area contributed by atoms with Crippen LogP contribution in [0.5, 0.6) is 0 Å². The van der Waals surface area contributed by atoms with Gasteiger partial charge in [0.25, 0.3) is 0 Å². The lowest BCUT2D eigenvalue weighted by atomic mass is 10.0. The van der Waals surface area contributed by atoms with Gasteiger partial charge in [-0.15, -0.1) is 0 Å². The molecule has 0 saturated carbocycles. The maximum Gasteiger partial charge on any atom is 0.137 e. The molecule has 1 heterocycles. The summed E-state index contributed by atoms with van der Waals surface area (Å²) in [5, 5.41) is 10.5. The summed E-state index contributed by atoms with van der Waals surface area (Å²) in [5.74, 6) is -0.269. The highest BCUT2D eigenvalue weighted by atomic mass is 79.9. The van der Waals surface area contributed by atoms with Crippen molar-refractivity contribution in [2.24, 2.45) is 0 Å². The van der Waals surface area contributed by atoms with E-state index in [0.29, 0.717) is 10.9 Å². The molecule has 0 radical (unpaired) electrons. The van der Waals surface area contributed by atoms with E-state index in [1.165, 1.54) is 6.07 Å². The molecule has 5 heteroatoms. The monoisotopic (exact) mass is 344 g/mol. The van der Waals surface area contributed by atoms with E-state index in [-0.39, 0.29) is 11.9 Å². The van der Waals surface area contributed by atoms with Crippen LogP contribution in [-0.4, -0.2) is 60.8 Å². The first-order valence-corrected chi connectivity index (χ1v) is 7.77. The van der Waals surface area contributed by atoms with E-state index in [4.69, 9.17) is 0 Å². The molecular formula is C15H22BrFN2O. The fourth-order valence-electron chi connectivity index (χ4n) is 2.77. The largest absolute Gasteiger partial charge is 0.391 e. The first kappa shape index (κ1) is 15.9. The lowest BCUT2D eigenvalue weighted by Gasteiger charge is -2.31. The number of likely N-dealkylation sites (N-methyl/N-ethyl adjacent to an activating group) is 2. The molecule has 0 bridgehead atoms. The van der Waals surface area contributed by atoms with Crippen molar-refractivity contribution >= 4 is 15.9 Å². The third-order valence-electron chi connectivity index (χ3n) is 3.99. The van der Waals surface area contributed by atoms with Gasteiger partial charge in [-0.05, 0) is 73.7 Å². The van der Waals surface area contributed by atoms with Crippen LogP contribution >= 0.6 is 15.9 Å². The zero-order valence-electron chi connectivity index (χ0n) is 12.0. The predicted molar refractivity (Wildman–Crippen MR) is 82.3 cm³/mol. The Bertz CT molecular complexity index is 457. The Morgan fingerprint density at radius 3 is 2.85 bits per heavy atom. The molecule has 0 aliphatic carbocycles. The fraction of sp³-hybridized carbons (Fsp3) is 0.600. The quantitative estimate of drug-likeness (QED) is 0.909. The second kappa shape index (κ2) is 6.98. The third kappa shape index (κ3) is 4.01.